The molecule has 1 aliphatic rings. The quantitative estimate of drug-likeness (QED) is 0.888. The molecule has 0 saturated carbocycles. The minimum Gasteiger partial charge on any atom is -0.326 e. The second kappa shape index (κ2) is 7.51. The standard InChI is InChI=1S/C18H20FN3O3S/c1-13-6-7-15(10-17(13)19)21-18(23)14-4-3-9-22(12-14)26(24,25)16-5-2-8-20-11-16/h2,5-8,10-11,14H,3-4,9,12H2,1H3,(H,21,23)/t14-/m0/s1. The number of pyridine rings is 1. The molecule has 1 atom stereocenters. The summed E-state index contributed by atoms with van der Waals surface area (Å²) in [5, 5.41) is 2.68. The summed E-state index contributed by atoms with van der Waals surface area (Å²) in [6.45, 7) is 2.10. The molecule has 0 aliphatic carbocycles. The van der Waals surface area contributed by atoms with E-state index >= 15 is 0 Å². The topological polar surface area (TPSA) is 79.4 Å². The van der Waals surface area contributed by atoms with E-state index in [-0.39, 0.29) is 17.3 Å². The number of nitrogens with one attached hydrogen (secondary N) is 1. The Hall–Kier alpha value is -2.32. The van der Waals surface area contributed by atoms with Gasteiger partial charge in [0.25, 0.3) is 0 Å². The van der Waals surface area contributed by atoms with Gasteiger partial charge in [-0.15, -0.1) is 0 Å². The molecule has 1 saturated heterocycles. The molecule has 1 fully saturated rings. The molecule has 1 N–H and O–H groups in total. The van der Waals surface area contributed by atoms with E-state index < -0.39 is 21.8 Å². The third-order valence-electron chi connectivity index (χ3n) is 4.47. The molecule has 8 heteroatoms. The van der Waals surface area contributed by atoms with Crippen molar-refractivity contribution in [2.45, 2.75) is 24.7 Å². The average molecular weight is 377 g/mol. The zero-order chi connectivity index (χ0) is 18.7. The minimum absolute atomic E-state index is 0.0946. The van der Waals surface area contributed by atoms with Gasteiger partial charge in [0.1, 0.15) is 10.7 Å². The van der Waals surface area contributed by atoms with Crippen molar-refractivity contribution in [1.29, 1.82) is 0 Å². The summed E-state index contributed by atoms with van der Waals surface area (Å²) in [6, 6.07) is 7.53. The van der Waals surface area contributed by atoms with Crippen molar-refractivity contribution in [3.05, 3.63) is 54.1 Å². The Morgan fingerprint density at radius 1 is 1.35 bits per heavy atom. The van der Waals surface area contributed by atoms with E-state index in [2.05, 4.69) is 10.3 Å². The lowest BCUT2D eigenvalue weighted by Crippen LogP contribution is -2.43. The number of carbonyl (C=O) groups is 1. The van der Waals surface area contributed by atoms with Crippen molar-refractivity contribution in [2.75, 3.05) is 18.4 Å². The maximum absolute atomic E-state index is 13.6. The first-order valence-corrected chi connectivity index (χ1v) is 9.79. The van der Waals surface area contributed by atoms with Crippen LogP contribution in [-0.4, -0.2) is 36.7 Å². The zero-order valence-electron chi connectivity index (χ0n) is 14.4. The van der Waals surface area contributed by atoms with E-state index in [0.29, 0.717) is 30.6 Å². The zero-order valence-corrected chi connectivity index (χ0v) is 15.2. The highest BCUT2D eigenvalue weighted by atomic mass is 32.2. The number of benzene rings is 1. The van der Waals surface area contributed by atoms with Crippen molar-refractivity contribution in [1.82, 2.24) is 9.29 Å². The summed E-state index contributed by atoms with van der Waals surface area (Å²) < 4.78 is 40.3. The van der Waals surface area contributed by atoms with Crippen LogP contribution in [0.25, 0.3) is 0 Å². The highest BCUT2D eigenvalue weighted by Gasteiger charge is 2.33. The van der Waals surface area contributed by atoms with E-state index in [9.17, 15) is 17.6 Å². The number of carbonyl (C=O) groups excluding carboxylic acids is 1. The fraction of sp³-hybridized carbons (Fsp3) is 0.333. The van der Waals surface area contributed by atoms with Gasteiger partial charge in [-0.3, -0.25) is 9.78 Å². The Morgan fingerprint density at radius 2 is 2.15 bits per heavy atom. The van der Waals surface area contributed by atoms with Crippen molar-refractivity contribution < 1.29 is 17.6 Å². The fourth-order valence-electron chi connectivity index (χ4n) is 2.94. The Morgan fingerprint density at radius 3 is 2.85 bits per heavy atom. The molecule has 1 aromatic carbocycles. The molecular weight excluding hydrogens is 357 g/mol. The van der Waals surface area contributed by atoms with E-state index in [1.807, 2.05) is 0 Å². The number of sulfonamides is 1. The van der Waals surface area contributed by atoms with Gasteiger partial charge in [0.05, 0.1) is 5.92 Å². The highest BCUT2D eigenvalue weighted by molar-refractivity contribution is 7.89. The summed E-state index contributed by atoms with van der Waals surface area (Å²) >= 11 is 0. The van der Waals surface area contributed by atoms with E-state index in [0.717, 1.165) is 0 Å². The number of rotatable bonds is 4. The van der Waals surface area contributed by atoms with Crippen LogP contribution in [0.3, 0.4) is 0 Å². The Labute approximate surface area is 152 Å². The fourth-order valence-corrected chi connectivity index (χ4v) is 4.43. The number of piperidine rings is 1. The van der Waals surface area contributed by atoms with E-state index in [4.69, 9.17) is 0 Å². The summed E-state index contributed by atoms with van der Waals surface area (Å²) in [4.78, 5) is 16.5. The molecule has 26 heavy (non-hydrogen) atoms. The molecule has 6 nitrogen and oxygen atoms in total. The predicted molar refractivity (Wildman–Crippen MR) is 95.5 cm³/mol. The molecule has 0 unspecified atom stereocenters. The largest absolute Gasteiger partial charge is 0.326 e. The minimum atomic E-state index is -3.68. The molecule has 2 aromatic rings. The SMILES string of the molecule is Cc1ccc(NC(=O)[C@H]2CCCN(S(=O)(=O)c3cccnc3)C2)cc1F. The van der Waals surface area contributed by atoms with E-state index in [1.54, 1.807) is 25.1 Å². The lowest BCUT2D eigenvalue weighted by Gasteiger charge is -2.31. The van der Waals surface area contributed by atoms with Crippen LogP contribution in [0, 0.1) is 18.7 Å². The second-order valence-corrected chi connectivity index (χ2v) is 8.28. The first-order chi connectivity index (χ1) is 12.4. The van der Waals surface area contributed by atoms with Crippen molar-refractivity contribution in [3.63, 3.8) is 0 Å². The smallest absolute Gasteiger partial charge is 0.244 e. The van der Waals surface area contributed by atoms with Crippen LogP contribution < -0.4 is 5.32 Å². The molecule has 2 heterocycles. The molecule has 0 spiro atoms. The van der Waals surface area contributed by atoms with Crippen LogP contribution in [0.5, 0.6) is 0 Å². The molecule has 0 bridgehead atoms. The number of hydrogen-bond acceptors (Lipinski definition) is 4. The number of amides is 1. The van der Waals surface area contributed by atoms with Gasteiger partial charge in [-0.1, -0.05) is 6.07 Å². The van der Waals surface area contributed by atoms with Crippen LogP contribution in [0.4, 0.5) is 10.1 Å². The number of anilines is 1. The van der Waals surface area contributed by atoms with Crippen LogP contribution in [-0.2, 0) is 14.8 Å². The molecular formula is C18H20FN3O3S. The van der Waals surface area contributed by atoms with Gasteiger partial charge in [0.2, 0.25) is 15.9 Å². The first-order valence-electron chi connectivity index (χ1n) is 8.35. The average Bonchev–Trinajstić information content (AvgIpc) is 2.65. The molecule has 0 radical (unpaired) electrons. The normalized spacial score (nSPS) is 18.5. The van der Waals surface area contributed by atoms with E-state index in [1.165, 1.54) is 28.8 Å². The van der Waals surface area contributed by atoms with Gasteiger partial charge in [-0.25, -0.2) is 12.8 Å². The molecule has 1 aliphatic heterocycles. The number of hydrogen-bond donors (Lipinski definition) is 1. The number of aromatic nitrogens is 1. The summed E-state index contributed by atoms with van der Waals surface area (Å²) in [5.41, 5.74) is 0.861. The molecule has 138 valence electrons. The van der Waals surface area contributed by atoms with Crippen LogP contribution in [0.15, 0.2) is 47.6 Å². The summed E-state index contributed by atoms with van der Waals surface area (Å²) in [5.74, 6) is -1.19. The van der Waals surface area contributed by atoms with Gasteiger partial charge in [0, 0.05) is 31.2 Å². The maximum atomic E-state index is 13.6. The third-order valence-corrected chi connectivity index (χ3v) is 6.32. The van der Waals surface area contributed by atoms with Gasteiger partial charge in [-0.2, -0.15) is 4.31 Å². The molecule has 3 rings (SSSR count). The number of aryl methyl sites for hydroxylation is 1. The first kappa shape index (κ1) is 18.5. The van der Waals surface area contributed by atoms with Crippen molar-refractivity contribution >= 4 is 21.6 Å². The Kier molecular flexibility index (Phi) is 5.33. The Balaban J connectivity index is 1.71. The Bertz CT molecular complexity index is 903. The number of nitrogens with zero attached hydrogens (tertiary/aromatic N) is 2. The van der Waals surface area contributed by atoms with Gasteiger partial charge < -0.3 is 5.32 Å². The van der Waals surface area contributed by atoms with Crippen molar-refractivity contribution in [2.24, 2.45) is 5.92 Å². The third kappa shape index (κ3) is 3.91. The van der Waals surface area contributed by atoms with Crippen molar-refractivity contribution in [3.8, 4) is 0 Å². The van der Waals surface area contributed by atoms with Gasteiger partial charge in [-0.05, 0) is 49.6 Å². The predicted octanol–water partition coefficient (Wildman–Crippen LogP) is 2.57. The maximum Gasteiger partial charge on any atom is 0.244 e. The summed E-state index contributed by atoms with van der Waals surface area (Å²) in [7, 11) is -3.68. The van der Waals surface area contributed by atoms with Crippen LogP contribution >= 0.6 is 0 Å². The second-order valence-electron chi connectivity index (χ2n) is 6.34. The summed E-state index contributed by atoms with van der Waals surface area (Å²) in [6.07, 6.45) is 3.97. The lowest BCUT2D eigenvalue weighted by molar-refractivity contribution is -0.120. The lowest BCUT2D eigenvalue weighted by atomic mass is 9.98. The number of halogens is 1. The molecule has 1 amide bonds. The van der Waals surface area contributed by atoms with Crippen LogP contribution in [0.1, 0.15) is 18.4 Å². The molecule has 1 aromatic heterocycles. The van der Waals surface area contributed by atoms with Gasteiger partial charge in [0.15, 0.2) is 0 Å². The highest BCUT2D eigenvalue weighted by Crippen LogP contribution is 2.24. The monoisotopic (exact) mass is 377 g/mol. The van der Waals surface area contributed by atoms with Gasteiger partial charge >= 0.3 is 0 Å². The van der Waals surface area contributed by atoms with Crippen LogP contribution in [0.2, 0.25) is 0 Å².